The van der Waals surface area contributed by atoms with Gasteiger partial charge < -0.3 is 9.47 Å². The summed E-state index contributed by atoms with van der Waals surface area (Å²) in [5.41, 5.74) is 0. The number of rotatable bonds is 7. The summed E-state index contributed by atoms with van der Waals surface area (Å²) in [5, 5.41) is -1.12. The molecule has 0 bridgehead atoms. The van der Waals surface area contributed by atoms with Crippen LogP contribution >= 0.6 is 50.5 Å². The summed E-state index contributed by atoms with van der Waals surface area (Å²) >= 11 is 15.7. The first-order chi connectivity index (χ1) is 7.52. The van der Waals surface area contributed by atoms with E-state index in [0.717, 1.165) is 0 Å². The molecule has 0 fully saturated rings. The Kier molecular flexibility index (Phi) is 9.58. The van der Waals surface area contributed by atoms with Crippen LogP contribution in [0.4, 0.5) is 0 Å². The lowest BCUT2D eigenvalue weighted by Crippen LogP contribution is -2.24. The van der Waals surface area contributed by atoms with Crippen molar-refractivity contribution in [2.75, 3.05) is 24.7 Å². The summed E-state index contributed by atoms with van der Waals surface area (Å²) in [6, 6.07) is 0. The van der Waals surface area contributed by atoms with Gasteiger partial charge in [0.05, 0.1) is 0 Å². The van der Waals surface area contributed by atoms with Crippen molar-refractivity contribution < 1.29 is 19.1 Å². The van der Waals surface area contributed by atoms with Gasteiger partial charge >= 0.3 is 11.9 Å². The van der Waals surface area contributed by atoms with E-state index in [1.807, 2.05) is 0 Å². The van der Waals surface area contributed by atoms with Crippen molar-refractivity contribution >= 4 is 62.5 Å². The average Bonchev–Trinajstić information content (AvgIpc) is 2.31. The summed E-state index contributed by atoms with van der Waals surface area (Å²) in [7, 11) is 0. The van der Waals surface area contributed by atoms with Crippen molar-refractivity contribution in [2.24, 2.45) is 0 Å². The van der Waals surface area contributed by atoms with Gasteiger partial charge in [0.2, 0.25) is 0 Å². The van der Waals surface area contributed by atoms with Gasteiger partial charge in [0.25, 0.3) is 0 Å². The van der Waals surface area contributed by atoms with E-state index in [1.54, 1.807) is 0 Å². The van der Waals surface area contributed by atoms with E-state index in [1.165, 1.54) is 0 Å². The average molecular weight is 302 g/mol. The van der Waals surface area contributed by atoms with Crippen molar-refractivity contribution in [1.82, 2.24) is 0 Å². The van der Waals surface area contributed by atoms with Crippen LogP contribution in [0.3, 0.4) is 0 Å². The van der Waals surface area contributed by atoms with E-state index < -0.39 is 22.4 Å². The molecule has 0 radical (unpaired) electrons. The van der Waals surface area contributed by atoms with Crippen LogP contribution < -0.4 is 0 Å². The molecule has 0 N–H and O–H groups in total. The maximum Gasteiger partial charge on any atom is 0.319 e. The van der Waals surface area contributed by atoms with Gasteiger partial charge in [-0.15, -0.1) is 0 Å². The van der Waals surface area contributed by atoms with Gasteiger partial charge in [-0.25, -0.2) is 0 Å². The highest BCUT2D eigenvalue weighted by molar-refractivity contribution is 7.85. The third kappa shape index (κ3) is 6.82. The molecule has 2 atom stereocenters. The molecule has 0 spiro atoms. The monoisotopic (exact) mass is 302 g/mol. The number of thiol groups is 4. The summed E-state index contributed by atoms with van der Waals surface area (Å²) in [5.74, 6) is -0.378. The van der Waals surface area contributed by atoms with Gasteiger partial charge in [0.1, 0.15) is 23.7 Å². The largest absolute Gasteiger partial charge is 0.461 e. The fourth-order valence-electron chi connectivity index (χ4n) is 0.626. The summed E-state index contributed by atoms with van der Waals surface area (Å²) in [6.07, 6.45) is 0. The zero-order valence-electron chi connectivity index (χ0n) is 8.40. The smallest absolute Gasteiger partial charge is 0.319 e. The number of carbonyl (C=O) groups is 2. The van der Waals surface area contributed by atoms with Crippen LogP contribution in [0.5, 0.6) is 0 Å². The number of carbonyl (C=O) groups excluding carboxylic acids is 2. The van der Waals surface area contributed by atoms with Crippen molar-refractivity contribution in [3.8, 4) is 0 Å². The van der Waals surface area contributed by atoms with Crippen LogP contribution in [0.15, 0.2) is 0 Å². The van der Waals surface area contributed by atoms with E-state index in [9.17, 15) is 9.59 Å². The zero-order valence-corrected chi connectivity index (χ0v) is 12.0. The Hall–Kier alpha value is 0.340. The van der Waals surface area contributed by atoms with Gasteiger partial charge in [-0.1, -0.05) is 0 Å². The van der Waals surface area contributed by atoms with E-state index in [2.05, 4.69) is 50.5 Å². The lowest BCUT2D eigenvalue weighted by Gasteiger charge is -2.10. The maximum atomic E-state index is 11.1. The first-order valence-electron chi connectivity index (χ1n) is 4.44. The number of ether oxygens (including phenoxy) is 2. The minimum atomic E-state index is -0.561. The lowest BCUT2D eigenvalue weighted by atomic mass is 10.5. The molecule has 0 aromatic carbocycles. The topological polar surface area (TPSA) is 52.6 Å². The molecule has 8 heteroatoms. The van der Waals surface area contributed by atoms with E-state index >= 15 is 0 Å². The first kappa shape index (κ1) is 16.3. The highest BCUT2D eigenvalue weighted by Crippen LogP contribution is 2.02. The molecule has 0 saturated carbocycles. The Labute approximate surface area is 116 Å². The molecule has 0 aliphatic heterocycles. The van der Waals surface area contributed by atoms with Crippen molar-refractivity contribution in [3.63, 3.8) is 0 Å². The van der Waals surface area contributed by atoms with Crippen molar-refractivity contribution in [2.45, 2.75) is 10.5 Å². The molecule has 0 aromatic rings. The number of hydrogen-bond donors (Lipinski definition) is 4. The van der Waals surface area contributed by atoms with Gasteiger partial charge in [0.15, 0.2) is 0 Å². The molecule has 2 unspecified atom stereocenters. The number of esters is 2. The van der Waals surface area contributed by atoms with Crippen LogP contribution in [0, 0.1) is 0 Å². The maximum absolute atomic E-state index is 11.1. The fraction of sp³-hybridized carbons (Fsp3) is 0.750. The third-order valence-electron chi connectivity index (χ3n) is 1.46. The normalized spacial score (nSPS) is 14.0. The van der Waals surface area contributed by atoms with Crippen molar-refractivity contribution in [3.05, 3.63) is 0 Å². The van der Waals surface area contributed by atoms with Crippen LogP contribution in [0.1, 0.15) is 0 Å². The quantitative estimate of drug-likeness (QED) is 0.315. The second kappa shape index (κ2) is 9.38. The standard InChI is InChI=1S/C8H14O4S4/c9-7(5(15)3-13)11-1-2-12-8(10)6(16)4-14/h5-6,13-16H,1-4H2. The SMILES string of the molecule is O=C(OCCOC(=O)C(S)CS)C(S)CS. The molecule has 0 aliphatic rings. The Bertz CT molecular complexity index is 212. The molecule has 4 nitrogen and oxygen atoms in total. The molecule has 0 amide bonds. The van der Waals surface area contributed by atoms with Crippen LogP contribution in [-0.4, -0.2) is 47.2 Å². The molecular formula is C8H14O4S4. The second-order valence-corrected chi connectivity index (χ2v) is 4.71. The van der Waals surface area contributed by atoms with Crippen molar-refractivity contribution in [1.29, 1.82) is 0 Å². The van der Waals surface area contributed by atoms with E-state index in [-0.39, 0.29) is 13.2 Å². The Balaban J connectivity index is 3.61. The first-order valence-corrected chi connectivity index (χ1v) is 6.73. The second-order valence-electron chi connectivity index (χ2n) is 2.73. The predicted octanol–water partition coefficient (Wildman–Crippen LogP) is 0.529. The van der Waals surface area contributed by atoms with Gasteiger partial charge in [-0.2, -0.15) is 50.5 Å². The highest BCUT2D eigenvalue weighted by atomic mass is 32.1. The molecule has 0 heterocycles. The summed E-state index contributed by atoms with van der Waals surface area (Å²) in [4.78, 5) is 22.2. The highest BCUT2D eigenvalue weighted by Gasteiger charge is 2.15. The number of hydrogen-bond acceptors (Lipinski definition) is 8. The molecule has 0 saturated heterocycles. The Morgan fingerprint density at radius 3 is 1.44 bits per heavy atom. The third-order valence-corrected chi connectivity index (χ3v) is 3.56. The Morgan fingerprint density at radius 1 is 0.875 bits per heavy atom. The minimum Gasteiger partial charge on any atom is -0.461 e. The molecular weight excluding hydrogens is 288 g/mol. The minimum absolute atomic E-state index is 0.00246. The summed E-state index contributed by atoms with van der Waals surface area (Å²) in [6.45, 7) is 0.00492. The summed E-state index contributed by atoms with van der Waals surface area (Å²) < 4.78 is 9.55. The molecule has 16 heavy (non-hydrogen) atoms. The Morgan fingerprint density at radius 2 is 1.19 bits per heavy atom. The van der Waals surface area contributed by atoms with E-state index in [0.29, 0.717) is 11.5 Å². The molecule has 0 aromatic heterocycles. The van der Waals surface area contributed by atoms with Gasteiger partial charge in [-0.3, -0.25) is 9.59 Å². The van der Waals surface area contributed by atoms with E-state index in [4.69, 9.17) is 9.47 Å². The fourth-order valence-corrected chi connectivity index (χ4v) is 1.07. The lowest BCUT2D eigenvalue weighted by molar-refractivity contribution is -0.151. The van der Waals surface area contributed by atoms with Gasteiger partial charge in [-0.05, 0) is 0 Å². The molecule has 0 rings (SSSR count). The van der Waals surface area contributed by atoms with Gasteiger partial charge in [0, 0.05) is 11.5 Å². The van der Waals surface area contributed by atoms with Crippen LogP contribution in [0.25, 0.3) is 0 Å². The predicted molar refractivity (Wildman–Crippen MR) is 75.2 cm³/mol. The zero-order chi connectivity index (χ0) is 12.6. The molecule has 94 valence electrons. The van der Waals surface area contributed by atoms with Crippen LogP contribution in [-0.2, 0) is 19.1 Å². The van der Waals surface area contributed by atoms with Crippen LogP contribution in [0.2, 0.25) is 0 Å². The molecule has 0 aliphatic carbocycles.